The van der Waals surface area contributed by atoms with Crippen molar-refractivity contribution < 1.29 is 13.2 Å². The van der Waals surface area contributed by atoms with E-state index in [4.69, 9.17) is 0 Å². The van der Waals surface area contributed by atoms with E-state index in [1.165, 1.54) is 6.07 Å². The zero-order valence-electron chi connectivity index (χ0n) is 11.8. The minimum absolute atomic E-state index is 0.151. The SMILES string of the molecule is CCCNc1ccccc1S(=O)(=O)NCC(=O)NCC. The van der Waals surface area contributed by atoms with Crippen LogP contribution >= 0.6 is 0 Å². The van der Waals surface area contributed by atoms with Crippen LogP contribution in [0.25, 0.3) is 0 Å². The number of likely N-dealkylation sites (N-methyl/N-ethyl adjacent to an activating group) is 1. The molecule has 0 saturated heterocycles. The third-order valence-corrected chi connectivity index (χ3v) is 4.00. The summed E-state index contributed by atoms with van der Waals surface area (Å²) in [6.07, 6.45) is 0.890. The fourth-order valence-corrected chi connectivity index (χ4v) is 2.77. The highest BCUT2D eigenvalue weighted by molar-refractivity contribution is 7.89. The van der Waals surface area contributed by atoms with Crippen molar-refractivity contribution in [2.45, 2.75) is 25.2 Å². The molecule has 1 rings (SSSR count). The maximum absolute atomic E-state index is 12.2. The number of sulfonamides is 1. The van der Waals surface area contributed by atoms with E-state index in [2.05, 4.69) is 15.4 Å². The molecule has 1 aromatic carbocycles. The molecule has 1 aromatic rings. The summed E-state index contributed by atoms with van der Waals surface area (Å²) in [5.74, 6) is -0.352. The van der Waals surface area contributed by atoms with Gasteiger partial charge in [0.15, 0.2) is 0 Å². The molecule has 6 nitrogen and oxygen atoms in total. The van der Waals surface area contributed by atoms with Crippen LogP contribution in [0.1, 0.15) is 20.3 Å². The molecule has 1 amide bonds. The monoisotopic (exact) mass is 299 g/mol. The lowest BCUT2D eigenvalue weighted by molar-refractivity contribution is -0.119. The van der Waals surface area contributed by atoms with E-state index in [9.17, 15) is 13.2 Å². The van der Waals surface area contributed by atoms with Crippen LogP contribution in [0.5, 0.6) is 0 Å². The standard InChI is InChI=1S/C13H21N3O3S/c1-3-9-15-11-7-5-6-8-12(11)20(18,19)16-10-13(17)14-4-2/h5-8,15-16H,3-4,9-10H2,1-2H3,(H,14,17). The van der Waals surface area contributed by atoms with Crippen molar-refractivity contribution in [3.63, 3.8) is 0 Å². The Morgan fingerprint density at radius 1 is 1.20 bits per heavy atom. The maximum atomic E-state index is 12.2. The largest absolute Gasteiger partial charge is 0.384 e. The van der Waals surface area contributed by atoms with Gasteiger partial charge in [-0.05, 0) is 25.5 Å². The lowest BCUT2D eigenvalue weighted by Gasteiger charge is -2.12. The van der Waals surface area contributed by atoms with Crippen molar-refractivity contribution >= 4 is 21.6 Å². The number of carbonyl (C=O) groups is 1. The minimum Gasteiger partial charge on any atom is -0.384 e. The van der Waals surface area contributed by atoms with Crippen LogP contribution in [0, 0.1) is 0 Å². The fraction of sp³-hybridized carbons (Fsp3) is 0.462. The van der Waals surface area contributed by atoms with Crippen molar-refractivity contribution in [2.24, 2.45) is 0 Å². The molecule has 0 aliphatic carbocycles. The lowest BCUT2D eigenvalue weighted by Crippen LogP contribution is -2.36. The van der Waals surface area contributed by atoms with Gasteiger partial charge in [0.05, 0.1) is 12.2 Å². The predicted octanol–water partition coefficient (Wildman–Crippen LogP) is 0.923. The first-order chi connectivity index (χ1) is 9.51. The summed E-state index contributed by atoms with van der Waals surface area (Å²) in [6, 6.07) is 6.63. The molecule has 0 radical (unpaired) electrons. The summed E-state index contributed by atoms with van der Waals surface area (Å²) in [5, 5.41) is 5.60. The molecule has 112 valence electrons. The van der Waals surface area contributed by atoms with Crippen LogP contribution in [0.3, 0.4) is 0 Å². The Balaban J connectivity index is 2.83. The second kappa shape index (κ2) is 7.86. The number of amides is 1. The summed E-state index contributed by atoms with van der Waals surface area (Å²) >= 11 is 0. The van der Waals surface area contributed by atoms with Crippen LogP contribution in [0.4, 0.5) is 5.69 Å². The molecule has 0 saturated carbocycles. The third-order valence-electron chi connectivity index (χ3n) is 2.54. The van der Waals surface area contributed by atoms with Gasteiger partial charge in [-0.25, -0.2) is 13.1 Å². The second-order valence-electron chi connectivity index (χ2n) is 4.20. The predicted molar refractivity (Wildman–Crippen MR) is 79.1 cm³/mol. The van der Waals surface area contributed by atoms with Gasteiger partial charge in [-0.15, -0.1) is 0 Å². The number of carbonyl (C=O) groups excluding carboxylic acids is 1. The van der Waals surface area contributed by atoms with E-state index in [0.717, 1.165) is 6.42 Å². The summed E-state index contributed by atoms with van der Waals surface area (Å²) in [7, 11) is -3.71. The Morgan fingerprint density at radius 3 is 2.55 bits per heavy atom. The molecule has 0 aliphatic heterocycles. The Kier molecular flexibility index (Phi) is 6.47. The summed E-state index contributed by atoms with van der Waals surface area (Å²) in [4.78, 5) is 11.5. The molecule has 20 heavy (non-hydrogen) atoms. The van der Waals surface area contributed by atoms with Crippen molar-refractivity contribution in [2.75, 3.05) is 25.0 Å². The van der Waals surface area contributed by atoms with Crippen LogP contribution < -0.4 is 15.4 Å². The van der Waals surface area contributed by atoms with Crippen LogP contribution in [-0.4, -0.2) is 34.0 Å². The molecule has 3 N–H and O–H groups in total. The third kappa shape index (κ3) is 4.82. The summed E-state index contributed by atoms with van der Waals surface area (Å²) in [6.45, 7) is 4.66. The molecule has 0 atom stereocenters. The van der Waals surface area contributed by atoms with E-state index < -0.39 is 10.0 Å². The Hall–Kier alpha value is -1.60. The minimum atomic E-state index is -3.71. The highest BCUT2D eigenvalue weighted by atomic mass is 32.2. The quantitative estimate of drug-likeness (QED) is 0.666. The van der Waals surface area contributed by atoms with Gasteiger partial charge in [-0.1, -0.05) is 19.1 Å². The van der Waals surface area contributed by atoms with Crippen molar-refractivity contribution in [3.8, 4) is 0 Å². The molecular weight excluding hydrogens is 278 g/mol. The first-order valence-corrected chi connectivity index (χ1v) is 8.08. The number of nitrogens with one attached hydrogen (secondary N) is 3. The van der Waals surface area contributed by atoms with E-state index >= 15 is 0 Å². The molecule has 0 heterocycles. The average Bonchev–Trinajstić information content (AvgIpc) is 2.44. The van der Waals surface area contributed by atoms with E-state index in [1.54, 1.807) is 25.1 Å². The average molecular weight is 299 g/mol. The van der Waals surface area contributed by atoms with Gasteiger partial charge in [0.2, 0.25) is 15.9 Å². The van der Waals surface area contributed by atoms with Crippen molar-refractivity contribution in [3.05, 3.63) is 24.3 Å². The second-order valence-corrected chi connectivity index (χ2v) is 5.94. The van der Waals surface area contributed by atoms with Crippen molar-refractivity contribution in [1.29, 1.82) is 0 Å². The molecule has 0 fully saturated rings. The molecule has 7 heteroatoms. The first kappa shape index (κ1) is 16.5. The van der Waals surface area contributed by atoms with E-state index in [-0.39, 0.29) is 17.3 Å². The maximum Gasteiger partial charge on any atom is 0.243 e. The van der Waals surface area contributed by atoms with Crippen LogP contribution in [-0.2, 0) is 14.8 Å². The number of anilines is 1. The van der Waals surface area contributed by atoms with Gasteiger partial charge in [0, 0.05) is 13.1 Å². The van der Waals surface area contributed by atoms with Gasteiger partial charge in [0.1, 0.15) is 4.90 Å². The summed E-state index contributed by atoms with van der Waals surface area (Å²) in [5.41, 5.74) is 0.540. The molecular formula is C13H21N3O3S. The smallest absolute Gasteiger partial charge is 0.243 e. The Morgan fingerprint density at radius 2 is 1.90 bits per heavy atom. The summed E-state index contributed by atoms with van der Waals surface area (Å²) < 4.78 is 26.7. The number of hydrogen-bond acceptors (Lipinski definition) is 4. The van der Waals surface area contributed by atoms with Gasteiger partial charge in [0.25, 0.3) is 0 Å². The normalized spacial score (nSPS) is 11.1. The van der Waals surface area contributed by atoms with Gasteiger partial charge < -0.3 is 10.6 Å². The Labute approximate surface area is 120 Å². The number of rotatable bonds is 8. The molecule has 0 bridgehead atoms. The van der Waals surface area contributed by atoms with Crippen LogP contribution in [0.15, 0.2) is 29.2 Å². The van der Waals surface area contributed by atoms with Gasteiger partial charge >= 0.3 is 0 Å². The zero-order chi connectivity index (χ0) is 15.0. The van der Waals surface area contributed by atoms with Gasteiger partial charge in [-0.3, -0.25) is 4.79 Å². The fourth-order valence-electron chi connectivity index (χ4n) is 1.60. The first-order valence-electron chi connectivity index (χ1n) is 6.60. The highest BCUT2D eigenvalue weighted by Gasteiger charge is 2.18. The molecule has 0 spiro atoms. The van der Waals surface area contributed by atoms with E-state index in [0.29, 0.717) is 18.8 Å². The Bertz CT molecular complexity index is 544. The molecule has 0 unspecified atom stereocenters. The number of hydrogen-bond donors (Lipinski definition) is 3. The highest BCUT2D eigenvalue weighted by Crippen LogP contribution is 2.20. The van der Waals surface area contributed by atoms with Crippen LogP contribution in [0.2, 0.25) is 0 Å². The number of para-hydroxylation sites is 1. The molecule has 0 aliphatic rings. The number of benzene rings is 1. The van der Waals surface area contributed by atoms with E-state index in [1.807, 2.05) is 6.92 Å². The topological polar surface area (TPSA) is 87.3 Å². The zero-order valence-corrected chi connectivity index (χ0v) is 12.6. The molecule has 0 aromatic heterocycles. The van der Waals surface area contributed by atoms with Gasteiger partial charge in [-0.2, -0.15) is 0 Å². The lowest BCUT2D eigenvalue weighted by atomic mass is 10.3. The van der Waals surface area contributed by atoms with Crippen molar-refractivity contribution in [1.82, 2.24) is 10.0 Å².